The van der Waals surface area contributed by atoms with E-state index in [0.717, 1.165) is 25.0 Å². The van der Waals surface area contributed by atoms with Gasteiger partial charge in [-0.1, -0.05) is 24.3 Å². The molecule has 5 nitrogen and oxygen atoms in total. The van der Waals surface area contributed by atoms with Crippen molar-refractivity contribution in [1.82, 2.24) is 4.90 Å². The number of para-hydroxylation sites is 1. The number of likely N-dealkylation sites (tertiary alicyclic amines) is 1. The van der Waals surface area contributed by atoms with Crippen LogP contribution < -0.4 is 4.90 Å². The summed E-state index contributed by atoms with van der Waals surface area (Å²) in [5.41, 5.74) is -1.03. The number of fused-ring (bicyclic) bond motifs is 2. The van der Waals surface area contributed by atoms with Gasteiger partial charge in [0, 0.05) is 17.4 Å². The number of anilines is 2. The second-order valence-corrected chi connectivity index (χ2v) is 9.62. The summed E-state index contributed by atoms with van der Waals surface area (Å²) in [5.74, 6) is -0.495. The minimum Gasteiger partial charge on any atom is -0.444 e. The van der Waals surface area contributed by atoms with E-state index >= 15 is 0 Å². The van der Waals surface area contributed by atoms with E-state index in [2.05, 4.69) is 0 Å². The Morgan fingerprint density at radius 2 is 1.64 bits per heavy atom. The highest BCUT2D eigenvalue weighted by Gasteiger charge is 2.53. The Hall–Kier alpha value is -3.03. The van der Waals surface area contributed by atoms with Crippen LogP contribution in [0, 0.1) is 5.92 Å². The van der Waals surface area contributed by atoms with E-state index in [1.807, 2.05) is 0 Å². The quantitative estimate of drug-likeness (QED) is 0.551. The highest BCUT2D eigenvalue weighted by molar-refractivity contribution is 6.05. The molecule has 4 rings (SSSR count). The number of carbonyl (C=O) groups is 2. The van der Waals surface area contributed by atoms with Gasteiger partial charge in [-0.05, 0) is 76.3 Å². The van der Waals surface area contributed by atoms with Crippen molar-refractivity contribution in [3.05, 3.63) is 60.2 Å². The number of benzene rings is 2. The van der Waals surface area contributed by atoms with Gasteiger partial charge in [0.15, 0.2) is 0 Å². The van der Waals surface area contributed by atoms with E-state index in [1.165, 1.54) is 21.9 Å². The Morgan fingerprint density at radius 3 is 2.27 bits per heavy atom. The van der Waals surface area contributed by atoms with Crippen LogP contribution in [0.4, 0.5) is 29.3 Å². The minimum absolute atomic E-state index is 0.0629. The maximum absolute atomic E-state index is 14.0. The standard InChI is InChI=1S/C25H27F3N2O3/c1-24(2,3)33-23(32)30-20-13-12-16(14-20)21(30)22(31)29(18-9-5-4-6-10-18)19-11-7-8-17(15-19)25(26,27)28/h4-11,15-16,20-21H,12-14H2,1-3H3. The van der Waals surface area contributed by atoms with E-state index in [9.17, 15) is 22.8 Å². The first-order valence-corrected chi connectivity index (χ1v) is 11.0. The van der Waals surface area contributed by atoms with Crippen LogP contribution in [-0.2, 0) is 15.7 Å². The third-order valence-electron chi connectivity index (χ3n) is 6.11. The fourth-order valence-corrected chi connectivity index (χ4v) is 4.82. The summed E-state index contributed by atoms with van der Waals surface area (Å²) in [4.78, 5) is 29.8. The minimum atomic E-state index is -4.55. The van der Waals surface area contributed by atoms with Crippen molar-refractivity contribution < 1.29 is 27.5 Å². The van der Waals surface area contributed by atoms with E-state index in [0.29, 0.717) is 12.1 Å². The molecule has 1 saturated carbocycles. The first kappa shape index (κ1) is 23.1. The molecule has 3 atom stereocenters. The smallest absolute Gasteiger partial charge is 0.416 e. The molecule has 0 N–H and O–H groups in total. The zero-order chi connectivity index (χ0) is 24.0. The van der Waals surface area contributed by atoms with Crippen molar-refractivity contribution in [2.45, 2.75) is 63.9 Å². The third kappa shape index (κ3) is 4.70. The van der Waals surface area contributed by atoms with Crippen LogP contribution >= 0.6 is 0 Å². The molecule has 2 amide bonds. The summed E-state index contributed by atoms with van der Waals surface area (Å²) in [6.07, 6.45) is -2.86. The average Bonchev–Trinajstić information content (AvgIpc) is 3.35. The van der Waals surface area contributed by atoms with Crippen LogP contribution in [0.15, 0.2) is 54.6 Å². The van der Waals surface area contributed by atoms with E-state index in [4.69, 9.17) is 4.74 Å². The number of alkyl halides is 3. The van der Waals surface area contributed by atoms with Gasteiger partial charge in [0.05, 0.1) is 5.56 Å². The Labute approximate surface area is 191 Å². The van der Waals surface area contributed by atoms with Crippen LogP contribution in [-0.4, -0.2) is 34.6 Å². The van der Waals surface area contributed by atoms with Gasteiger partial charge in [0.1, 0.15) is 11.6 Å². The largest absolute Gasteiger partial charge is 0.444 e. The van der Waals surface area contributed by atoms with Crippen LogP contribution in [0.2, 0.25) is 0 Å². The molecular weight excluding hydrogens is 433 g/mol. The molecule has 0 radical (unpaired) electrons. The van der Waals surface area contributed by atoms with Gasteiger partial charge >= 0.3 is 12.3 Å². The Morgan fingerprint density at radius 1 is 0.970 bits per heavy atom. The second-order valence-electron chi connectivity index (χ2n) is 9.62. The van der Waals surface area contributed by atoms with Crippen LogP contribution in [0.25, 0.3) is 0 Å². The molecule has 3 unspecified atom stereocenters. The number of carbonyl (C=O) groups excluding carboxylic acids is 2. The average molecular weight is 460 g/mol. The maximum atomic E-state index is 14.0. The first-order valence-electron chi connectivity index (χ1n) is 11.0. The van der Waals surface area contributed by atoms with Crippen molar-refractivity contribution in [3.63, 3.8) is 0 Å². The third-order valence-corrected chi connectivity index (χ3v) is 6.11. The number of ether oxygens (including phenoxy) is 1. The molecule has 33 heavy (non-hydrogen) atoms. The maximum Gasteiger partial charge on any atom is 0.416 e. The monoisotopic (exact) mass is 460 g/mol. The summed E-state index contributed by atoms with van der Waals surface area (Å²) >= 11 is 0. The molecule has 0 aromatic heterocycles. The lowest BCUT2D eigenvalue weighted by Crippen LogP contribution is -2.54. The predicted octanol–water partition coefficient (Wildman–Crippen LogP) is 6.16. The van der Waals surface area contributed by atoms with E-state index in [-0.39, 0.29) is 17.6 Å². The van der Waals surface area contributed by atoms with Crippen molar-refractivity contribution >= 4 is 23.4 Å². The number of amides is 2. The summed E-state index contributed by atoms with van der Waals surface area (Å²) < 4.78 is 45.8. The summed E-state index contributed by atoms with van der Waals surface area (Å²) in [6.45, 7) is 5.28. The molecule has 1 saturated heterocycles. The van der Waals surface area contributed by atoms with Crippen LogP contribution in [0.3, 0.4) is 0 Å². The zero-order valence-electron chi connectivity index (χ0n) is 18.8. The van der Waals surface area contributed by atoms with Crippen molar-refractivity contribution in [2.75, 3.05) is 4.90 Å². The van der Waals surface area contributed by atoms with E-state index in [1.54, 1.807) is 51.1 Å². The number of halogens is 3. The van der Waals surface area contributed by atoms with Crippen LogP contribution in [0.1, 0.15) is 45.6 Å². The molecular formula is C25H27F3N2O3. The number of rotatable bonds is 3. The van der Waals surface area contributed by atoms with E-state index < -0.39 is 35.4 Å². The number of hydrogen-bond donors (Lipinski definition) is 0. The highest BCUT2D eigenvalue weighted by Crippen LogP contribution is 2.45. The molecule has 1 heterocycles. The van der Waals surface area contributed by atoms with Crippen molar-refractivity contribution in [1.29, 1.82) is 0 Å². The molecule has 176 valence electrons. The fraction of sp³-hybridized carbons (Fsp3) is 0.440. The van der Waals surface area contributed by atoms with Gasteiger partial charge in [-0.3, -0.25) is 14.6 Å². The molecule has 0 spiro atoms. The molecule has 2 aromatic rings. The van der Waals surface area contributed by atoms with Crippen molar-refractivity contribution in [2.24, 2.45) is 5.92 Å². The van der Waals surface area contributed by atoms with Gasteiger partial charge in [-0.25, -0.2) is 4.79 Å². The Balaban J connectivity index is 1.75. The lowest BCUT2D eigenvalue weighted by molar-refractivity contribution is -0.137. The molecule has 1 aliphatic heterocycles. The SMILES string of the molecule is CC(C)(C)OC(=O)N1C2CCC(C2)C1C(=O)N(c1ccccc1)c1cccc(C(F)(F)F)c1. The number of piperidine rings is 1. The van der Waals surface area contributed by atoms with Crippen LogP contribution in [0.5, 0.6) is 0 Å². The molecule has 8 heteroatoms. The topological polar surface area (TPSA) is 49.9 Å². The summed E-state index contributed by atoms with van der Waals surface area (Å²) in [7, 11) is 0. The molecule has 2 aliphatic rings. The second kappa shape index (κ2) is 8.39. The molecule has 1 aliphatic carbocycles. The molecule has 2 bridgehead atoms. The van der Waals surface area contributed by atoms with Gasteiger partial charge in [0.2, 0.25) is 0 Å². The zero-order valence-corrected chi connectivity index (χ0v) is 18.8. The number of hydrogen-bond acceptors (Lipinski definition) is 3. The summed E-state index contributed by atoms with van der Waals surface area (Å²) in [6, 6.07) is 12.3. The lowest BCUT2D eigenvalue weighted by atomic mass is 9.96. The van der Waals surface area contributed by atoms with Gasteiger partial charge in [0.25, 0.3) is 5.91 Å². The normalized spacial score (nSPS) is 22.4. The Bertz CT molecular complexity index is 1030. The Kier molecular flexibility index (Phi) is 5.88. The molecule has 2 aromatic carbocycles. The van der Waals surface area contributed by atoms with Gasteiger partial charge in [-0.2, -0.15) is 13.2 Å². The van der Waals surface area contributed by atoms with Gasteiger partial charge in [-0.15, -0.1) is 0 Å². The van der Waals surface area contributed by atoms with Gasteiger partial charge < -0.3 is 4.74 Å². The van der Waals surface area contributed by atoms with Crippen molar-refractivity contribution in [3.8, 4) is 0 Å². The predicted molar refractivity (Wildman–Crippen MR) is 118 cm³/mol. The first-order chi connectivity index (χ1) is 15.5. The number of nitrogens with zero attached hydrogens (tertiary/aromatic N) is 2. The highest BCUT2D eigenvalue weighted by atomic mass is 19.4. The lowest BCUT2D eigenvalue weighted by Gasteiger charge is -2.38. The fourth-order valence-electron chi connectivity index (χ4n) is 4.82. The molecule has 2 fully saturated rings. The summed E-state index contributed by atoms with van der Waals surface area (Å²) in [5, 5.41) is 0.